The second-order valence-corrected chi connectivity index (χ2v) is 8.24. The van der Waals surface area contributed by atoms with Gasteiger partial charge in [-0.25, -0.2) is 18.0 Å². The second kappa shape index (κ2) is 8.09. The summed E-state index contributed by atoms with van der Waals surface area (Å²) in [5, 5.41) is 7.70. The number of hydrogen-bond donors (Lipinski definition) is 3. The average molecular weight is 389 g/mol. The zero-order valence-corrected chi connectivity index (χ0v) is 15.1. The van der Waals surface area contributed by atoms with Gasteiger partial charge in [-0.3, -0.25) is 5.32 Å². The number of sulfone groups is 1. The molecule has 3 rings (SSSR count). The largest absolute Gasteiger partial charge is 0.443 e. The van der Waals surface area contributed by atoms with E-state index in [2.05, 4.69) is 16.0 Å². The minimum Gasteiger partial charge on any atom is -0.443 e. The number of hydrogen-bond acceptors (Lipinski definition) is 5. The summed E-state index contributed by atoms with van der Waals surface area (Å²) in [6.45, 7) is 0. The smallest absolute Gasteiger partial charge is 0.412 e. The number of rotatable bonds is 4. The molecule has 0 spiro atoms. The average Bonchev–Trinajstić information content (AvgIpc) is 2.89. The molecule has 1 saturated heterocycles. The van der Waals surface area contributed by atoms with Crippen molar-refractivity contribution in [3.05, 3.63) is 60.7 Å². The highest BCUT2D eigenvalue weighted by atomic mass is 32.2. The number of anilines is 2. The van der Waals surface area contributed by atoms with Gasteiger partial charge >= 0.3 is 12.1 Å². The highest BCUT2D eigenvalue weighted by molar-refractivity contribution is 7.91. The van der Waals surface area contributed by atoms with E-state index in [1.807, 2.05) is 6.07 Å². The number of amides is 3. The number of ether oxygens (including phenoxy) is 1. The summed E-state index contributed by atoms with van der Waals surface area (Å²) in [6, 6.07) is 16.0. The number of para-hydroxylation sites is 2. The van der Waals surface area contributed by atoms with Crippen LogP contribution in [0.2, 0.25) is 0 Å². The lowest BCUT2D eigenvalue weighted by Crippen LogP contribution is -2.46. The van der Waals surface area contributed by atoms with Gasteiger partial charge < -0.3 is 15.4 Å². The molecule has 9 heteroatoms. The predicted octanol–water partition coefficient (Wildman–Crippen LogP) is 2.22. The summed E-state index contributed by atoms with van der Waals surface area (Å²) in [6.07, 6.45) is -1.75. The van der Waals surface area contributed by atoms with Crippen LogP contribution in [0.4, 0.5) is 21.0 Å². The first-order chi connectivity index (χ1) is 12.9. The Morgan fingerprint density at radius 3 is 2.00 bits per heavy atom. The van der Waals surface area contributed by atoms with E-state index in [0.29, 0.717) is 11.4 Å². The van der Waals surface area contributed by atoms with E-state index in [0.717, 1.165) is 0 Å². The Morgan fingerprint density at radius 1 is 0.852 bits per heavy atom. The van der Waals surface area contributed by atoms with Crippen LogP contribution in [0.1, 0.15) is 0 Å². The molecule has 1 heterocycles. The van der Waals surface area contributed by atoms with Crippen molar-refractivity contribution in [2.45, 2.75) is 12.1 Å². The van der Waals surface area contributed by atoms with Gasteiger partial charge in [0.1, 0.15) is 6.10 Å². The maximum absolute atomic E-state index is 12.1. The van der Waals surface area contributed by atoms with Crippen molar-refractivity contribution in [2.24, 2.45) is 0 Å². The van der Waals surface area contributed by atoms with Gasteiger partial charge in [0.05, 0.1) is 17.5 Å². The van der Waals surface area contributed by atoms with Gasteiger partial charge in [-0.1, -0.05) is 36.4 Å². The topological polar surface area (TPSA) is 114 Å². The lowest BCUT2D eigenvalue weighted by atomic mass is 10.2. The molecule has 27 heavy (non-hydrogen) atoms. The van der Waals surface area contributed by atoms with Crippen molar-refractivity contribution in [1.29, 1.82) is 0 Å². The Balaban J connectivity index is 1.60. The molecule has 0 aromatic heterocycles. The molecule has 0 bridgehead atoms. The van der Waals surface area contributed by atoms with Gasteiger partial charge in [0.15, 0.2) is 9.84 Å². The third-order valence-electron chi connectivity index (χ3n) is 3.93. The molecule has 2 atom stereocenters. The molecule has 142 valence electrons. The minimum atomic E-state index is -3.43. The van der Waals surface area contributed by atoms with Crippen LogP contribution in [0.15, 0.2) is 60.7 Å². The Hall–Kier alpha value is -3.07. The molecule has 3 amide bonds. The van der Waals surface area contributed by atoms with E-state index in [4.69, 9.17) is 4.74 Å². The standard InChI is InChI=1S/C18H19N3O5S/c22-17(19-13-7-3-1-4-8-13)21-15-11-27(24,25)12-16(15)26-18(23)20-14-9-5-2-6-10-14/h1-10,15-16H,11-12H2,(H,20,23)(H2,19,21,22)/t15-,16-/m0/s1. The normalized spacial score (nSPS) is 20.4. The molecule has 8 nitrogen and oxygen atoms in total. The van der Waals surface area contributed by atoms with Crippen molar-refractivity contribution < 1.29 is 22.7 Å². The van der Waals surface area contributed by atoms with Crippen LogP contribution in [-0.2, 0) is 14.6 Å². The van der Waals surface area contributed by atoms with Crippen molar-refractivity contribution in [3.8, 4) is 0 Å². The van der Waals surface area contributed by atoms with E-state index in [1.165, 1.54) is 0 Å². The molecule has 0 unspecified atom stereocenters. The summed E-state index contributed by atoms with van der Waals surface area (Å²) >= 11 is 0. The van der Waals surface area contributed by atoms with Gasteiger partial charge in [0, 0.05) is 11.4 Å². The first-order valence-corrected chi connectivity index (χ1v) is 10.1. The number of benzene rings is 2. The van der Waals surface area contributed by atoms with Gasteiger partial charge in [-0.2, -0.15) is 0 Å². The van der Waals surface area contributed by atoms with Crippen molar-refractivity contribution in [2.75, 3.05) is 22.1 Å². The molecule has 1 fully saturated rings. The van der Waals surface area contributed by atoms with Crippen LogP contribution < -0.4 is 16.0 Å². The van der Waals surface area contributed by atoms with Crippen LogP contribution in [0, 0.1) is 0 Å². The third-order valence-corrected chi connectivity index (χ3v) is 5.63. The molecule has 0 saturated carbocycles. The van der Waals surface area contributed by atoms with Crippen LogP contribution in [0.25, 0.3) is 0 Å². The fourth-order valence-corrected chi connectivity index (χ4v) is 4.51. The quantitative estimate of drug-likeness (QED) is 0.742. The first-order valence-electron chi connectivity index (χ1n) is 8.27. The maximum atomic E-state index is 12.1. The van der Waals surface area contributed by atoms with E-state index in [-0.39, 0.29) is 11.5 Å². The third kappa shape index (κ3) is 5.45. The summed E-state index contributed by atoms with van der Waals surface area (Å²) < 4.78 is 29.1. The molecular formula is C18H19N3O5S. The van der Waals surface area contributed by atoms with E-state index in [1.54, 1.807) is 54.6 Å². The fourth-order valence-electron chi connectivity index (χ4n) is 2.73. The molecule has 0 aliphatic carbocycles. The van der Waals surface area contributed by atoms with Crippen molar-refractivity contribution >= 4 is 33.3 Å². The number of carbonyl (C=O) groups excluding carboxylic acids is 2. The Labute approximate surface area is 156 Å². The zero-order valence-electron chi connectivity index (χ0n) is 14.3. The summed E-state index contributed by atoms with van der Waals surface area (Å²) in [5.74, 6) is -0.635. The van der Waals surface area contributed by atoms with E-state index >= 15 is 0 Å². The van der Waals surface area contributed by atoms with Gasteiger partial charge in [0.2, 0.25) is 0 Å². The highest BCUT2D eigenvalue weighted by Crippen LogP contribution is 2.18. The molecule has 3 N–H and O–H groups in total. The molecule has 2 aromatic carbocycles. The molecular weight excluding hydrogens is 370 g/mol. The van der Waals surface area contributed by atoms with Crippen LogP contribution in [0.3, 0.4) is 0 Å². The highest BCUT2D eigenvalue weighted by Gasteiger charge is 2.41. The maximum Gasteiger partial charge on any atom is 0.412 e. The Morgan fingerprint density at radius 2 is 1.41 bits per heavy atom. The summed E-state index contributed by atoms with van der Waals surface area (Å²) in [7, 11) is -3.43. The monoisotopic (exact) mass is 389 g/mol. The van der Waals surface area contributed by atoms with Crippen LogP contribution in [0.5, 0.6) is 0 Å². The SMILES string of the molecule is O=C(Nc1ccccc1)N[C@H]1CS(=O)(=O)C[C@@H]1OC(=O)Nc1ccccc1. The lowest BCUT2D eigenvalue weighted by Gasteiger charge is -2.20. The first kappa shape index (κ1) is 18.7. The van der Waals surface area contributed by atoms with Gasteiger partial charge in [-0.05, 0) is 24.3 Å². The zero-order chi connectivity index (χ0) is 19.3. The second-order valence-electron chi connectivity index (χ2n) is 6.08. The Bertz CT molecular complexity index is 834. The molecule has 1 aliphatic heterocycles. The summed E-state index contributed by atoms with van der Waals surface area (Å²) in [5.41, 5.74) is 1.09. The van der Waals surface area contributed by atoms with Crippen LogP contribution >= 0.6 is 0 Å². The summed E-state index contributed by atoms with van der Waals surface area (Å²) in [4.78, 5) is 24.2. The van der Waals surface area contributed by atoms with Gasteiger partial charge in [-0.15, -0.1) is 0 Å². The number of carbonyl (C=O) groups is 2. The van der Waals surface area contributed by atoms with Crippen molar-refractivity contribution in [3.63, 3.8) is 0 Å². The molecule has 0 radical (unpaired) electrons. The van der Waals surface area contributed by atoms with E-state index < -0.39 is 34.1 Å². The van der Waals surface area contributed by atoms with Crippen LogP contribution in [-0.4, -0.2) is 44.2 Å². The number of nitrogens with one attached hydrogen (secondary N) is 3. The number of urea groups is 1. The predicted molar refractivity (Wildman–Crippen MR) is 101 cm³/mol. The lowest BCUT2D eigenvalue weighted by molar-refractivity contribution is 0.109. The van der Waals surface area contributed by atoms with E-state index in [9.17, 15) is 18.0 Å². The molecule has 1 aliphatic rings. The van der Waals surface area contributed by atoms with Crippen molar-refractivity contribution in [1.82, 2.24) is 5.32 Å². The Kier molecular flexibility index (Phi) is 5.60. The van der Waals surface area contributed by atoms with Gasteiger partial charge in [0.25, 0.3) is 0 Å². The molecule has 2 aromatic rings. The fraction of sp³-hybridized carbons (Fsp3) is 0.222. The minimum absolute atomic E-state index is 0.293.